The molecule has 3 N–H and O–H groups in total. The van der Waals surface area contributed by atoms with E-state index in [1.807, 2.05) is 54.8 Å². The van der Waals surface area contributed by atoms with Crippen molar-refractivity contribution in [2.75, 3.05) is 0 Å². The molecule has 0 saturated carbocycles. The van der Waals surface area contributed by atoms with Crippen LogP contribution in [-0.4, -0.2) is 24.9 Å². The zero-order valence-corrected chi connectivity index (χ0v) is 18.8. The number of hydrogen-bond acceptors (Lipinski definition) is 2. The molecule has 0 aromatic carbocycles. The van der Waals surface area contributed by atoms with E-state index >= 15 is 0 Å². The second kappa shape index (κ2) is 9.69. The Hall–Kier alpha value is -3.60. The molecule has 6 rings (SSSR count). The van der Waals surface area contributed by atoms with E-state index in [0.29, 0.717) is 0 Å². The molecular formula is C26H23MnN5. The molecular weight excluding hydrogens is 437 g/mol. The van der Waals surface area contributed by atoms with Crippen LogP contribution in [0.2, 0.25) is 0 Å². The molecule has 0 aliphatic carbocycles. The van der Waals surface area contributed by atoms with E-state index < -0.39 is 0 Å². The van der Waals surface area contributed by atoms with Gasteiger partial charge in [0.2, 0.25) is 0 Å². The van der Waals surface area contributed by atoms with E-state index in [1.54, 1.807) is 0 Å². The monoisotopic (exact) mass is 460 g/mol. The van der Waals surface area contributed by atoms with Crippen LogP contribution in [0.25, 0.3) is 46.4 Å². The molecule has 8 bridgehead atoms. The van der Waals surface area contributed by atoms with Crippen LogP contribution < -0.4 is 0 Å². The molecule has 0 saturated heterocycles. The third kappa shape index (κ3) is 5.17. The van der Waals surface area contributed by atoms with Crippen molar-refractivity contribution in [2.24, 2.45) is 0 Å². The maximum Gasteiger partial charge on any atom is 0.0659 e. The topological polar surface area (TPSA) is 73.2 Å². The van der Waals surface area contributed by atoms with E-state index in [-0.39, 0.29) is 17.1 Å². The molecule has 5 nitrogen and oxygen atoms in total. The minimum atomic E-state index is 0. The maximum absolute atomic E-state index is 4.62. The fourth-order valence-electron chi connectivity index (χ4n) is 3.53. The van der Waals surface area contributed by atoms with Crippen molar-refractivity contribution in [3.63, 3.8) is 0 Å². The normalized spacial score (nSPS) is 11.5. The second-order valence-electron chi connectivity index (χ2n) is 7.45. The molecule has 0 amide bonds. The molecule has 0 spiro atoms. The molecule has 6 heterocycles. The number of aromatic nitrogens is 5. The summed E-state index contributed by atoms with van der Waals surface area (Å²) in [6.07, 6.45) is 11.1. The van der Waals surface area contributed by atoms with Crippen LogP contribution in [0.15, 0.2) is 66.9 Å². The number of nitrogens with zero attached hydrogens (tertiary/aromatic N) is 2. The molecule has 1 radical (unpaired) electrons. The van der Waals surface area contributed by atoms with Gasteiger partial charge in [0.15, 0.2) is 0 Å². The summed E-state index contributed by atoms with van der Waals surface area (Å²) in [6, 6.07) is 20.5. The van der Waals surface area contributed by atoms with Crippen LogP contribution in [0, 0.1) is 0 Å². The van der Waals surface area contributed by atoms with Crippen LogP contribution >= 0.6 is 0 Å². The van der Waals surface area contributed by atoms with Crippen LogP contribution in [0.4, 0.5) is 0 Å². The first-order valence-corrected chi connectivity index (χ1v) is 10.4. The number of aromatic amines is 3. The Morgan fingerprint density at radius 1 is 0.625 bits per heavy atom. The molecule has 6 heteroatoms. The van der Waals surface area contributed by atoms with E-state index in [9.17, 15) is 0 Å². The number of fused-ring (bicyclic) bond motifs is 8. The van der Waals surface area contributed by atoms with Crippen LogP contribution in [-0.2, 0) is 23.5 Å². The predicted octanol–water partition coefficient (Wildman–Crippen LogP) is 6.23. The van der Waals surface area contributed by atoms with Crippen molar-refractivity contribution in [3.05, 3.63) is 95.3 Å². The first-order valence-electron chi connectivity index (χ1n) is 10.4. The summed E-state index contributed by atoms with van der Waals surface area (Å²) in [5.41, 5.74) is 9.17. The summed E-state index contributed by atoms with van der Waals surface area (Å²) in [7, 11) is 0. The molecule has 2 aliphatic heterocycles. The van der Waals surface area contributed by atoms with Gasteiger partial charge >= 0.3 is 0 Å². The van der Waals surface area contributed by atoms with Gasteiger partial charge in [-0.3, -0.25) is 0 Å². The Bertz CT molecular complexity index is 1330. The standard InChI is InChI=1S/C20H14N4.C6H9N.Mn/c1-2-14-10-16-5-6-18(23-16)12-20-8-7-19(24-20)11-17-4-3-15(22-17)9-13(1)21-14;1-2-6-4-3-5-7-6;/h1-12,21-22H;3-5,7H,2H2,1H3;. The molecule has 4 aromatic heterocycles. The summed E-state index contributed by atoms with van der Waals surface area (Å²) in [4.78, 5) is 19.1. The number of nitrogens with one attached hydrogen (secondary N) is 3. The van der Waals surface area contributed by atoms with Crippen LogP contribution in [0.3, 0.4) is 0 Å². The van der Waals surface area contributed by atoms with Gasteiger partial charge in [0.05, 0.1) is 22.8 Å². The van der Waals surface area contributed by atoms with Gasteiger partial charge in [-0.25, -0.2) is 9.97 Å². The van der Waals surface area contributed by atoms with Crippen molar-refractivity contribution in [1.29, 1.82) is 0 Å². The summed E-state index contributed by atoms with van der Waals surface area (Å²) in [5.74, 6) is 0. The second-order valence-corrected chi connectivity index (χ2v) is 7.45. The third-order valence-corrected chi connectivity index (χ3v) is 5.09. The van der Waals surface area contributed by atoms with Gasteiger partial charge in [-0.1, -0.05) is 6.92 Å². The Balaban J connectivity index is 0.000000265. The Labute approximate surface area is 196 Å². The quantitative estimate of drug-likeness (QED) is 0.255. The molecule has 0 unspecified atom stereocenters. The average molecular weight is 460 g/mol. The summed E-state index contributed by atoms with van der Waals surface area (Å²) in [5, 5.41) is 0. The van der Waals surface area contributed by atoms with Crippen molar-refractivity contribution in [2.45, 2.75) is 13.3 Å². The first-order chi connectivity index (χ1) is 15.2. The maximum atomic E-state index is 4.62. The van der Waals surface area contributed by atoms with Crippen LogP contribution in [0.5, 0.6) is 0 Å². The summed E-state index contributed by atoms with van der Waals surface area (Å²) in [6.45, 7) is 2.13. The Morgan fingerprint density at radius 2 is 1.09 bits per heavy atom. The number of hydrogen-bond donors (Lipinski definition) is 3. The molecule has 0 fully saturated rings. The van der Waals surface area contributed by atoms with Crippen molar-refractivity contribution in [3.8, 4) is 0 Å². The van der Waals surface area contributed by atoms with Crippen molar-refractivity contribution in [1.82, 2.24) is 24.9 Å². The number of rotatable bonds is 1. The fraction of sp³-hybridized carbons (Fsp3) is 0.0769. The molecule has 0 atom stereocenters. The van der Waals surface area contributed by atoms with Gasteiger partial charge in [-0.15, -0.1) is 0 Å². The van der Waals surface area contributed by atoms with Gasteiger partial charge in [0.25, 0.3) is 0 Å². The van der Waals surface area contributed by atoms with E-state index in [0.717, 1.165) is 51.3 Å². The van der Waals surface area contributed by atoms with E-state index in [2.05, 4.69) is 68.2 Å². The predicted molar refractivity (Wildman–Crippen MR) is 129 cm³/mol. The molecule has 4 aromatic rings. The van der Waals surface area contributed by atoms with Gasteiger partial charge in [0.1, 0.15) is 0 Å². The minimum absolute atomic E-state index is 0. The van der Waals surface area contributed by atoms with Gasteiger partial charge in [-0.05, 0) is 91.4 Å². The van der Waals surface area contributed by atoms with E-state index in [1.165, 1.54) is 5.69 Å². The zero-order chi connectivity index (χ0) is 21.0. The summed E-state index contributed by atoms with van der Waals surface area (Å²) < 4.78 is 0. The van der Waals surface area contributed by atoms with Gasteiger partial charge in [0, 0.05) is 51.0 Å². The number of aryl methyl sites for hydroxylation is 1. The van der Waals surface area contributed by atoms with Crippen LogP contribution in [0.1, 0.15) is 35.4 Å². The summed E-state index contributed by atoms with van der Waals surface area (Å²) >= 11 is 0. The zero-order valence-electron chi connectivity index (χ0n) is 17.6. The van der Waals surface area contributed by atoms with Crippen molar-refractivity contribution < 1.29 is 17.1 Å². The molecule has 32 heavy (non-hydrogen) atoms. The molecule has 2 aliphatic rings. The minimum Gasteiger partial charge on any atom is -0.365 e. The van der Waals surface area contributed by atoms with E-state index in [4.69, 9.17) is 0 Å². The smallest absolute Gasteiger partial charge is 0.0659 e. The SMILES string of the molecule is C1=Cc2cc3ccc(cc4ccc(cc5nc(cc1n2)C=C5)[nH]4)[nH]3.CCc1ccc[nH]1.[Mn]. The first kappa shape index (κ1) is 21.6. The number of H-pyrrole nitrogens is 3. The average Bonchev–Trinajstić information content (AvgIpc) is 3.57. The molecule has 159 valence electrons. The largest absolute Gasteiger partial charge is 0.365 e. The fourth-order valence-corrected chi connectivity index (χ4v) is 3.53. The Kier molecular flexibility index (Phi) is 6.55. The third-order valence-electron chi connectivity index (χ3n) is 5.09. The van der Waals surface area contributed by atoms with Crippen molar-refractivity contribution >= 4 is 46.4 Å². The van der Waals surface area contributed by atoms with Gasteiger partial charge in [-0.2, -0.15) is 0 Å². The van der Waals surface area contributed by atoms with Gasteiger partial charge < -0.3 is 15.0 Å². The Morgan fingerprint density at radius 3 is 1.50 bits per heavy atom.